The molecule has 0 spiro atoms. The van der Waals surface area contributed by atoms with Gasteiger partial charge in [-0.2, -0.15) is 0 Å². The summed E-state index contributed by atoms with van der Waals surface area (Å²) in [6.07, 6.45) is 1.89. The summed E-state index contributed by atoms with van der Waals surface area (Å²) in [6.45, 7) is 5.31. The number of hydrogen-bond donors (Lipinski definition) is 0. The van der Waals surface area contributed by atoms with Crippen LogP contribution in [0.5, 0.6) is 11.5 Å². The van der Waals surface area contributed by atoms with Crippen molar-refractivity contribution in [3.05, 3.63) is 59.2 Å². The van der Waals surface area contributed by atoms with Crippen molar-refractivity contribution in [2.45, 2.75) is 38.4 Å². The van der Waals surface area contributed by atoms with Crippen molar-refractivity contribution in [3.8, 4) is 11.5 Å². The van der Waals surface area contributed by atoms with Crippen LogP contribution in [0.4, 0.5) is 0 Å². The summed E-state index contributed by atoms with van der Waals surface area (Å²) >= 11 is 0. The van der Waals surface area contributed by atoms with E-state index in [2.05, 4.69) is 24.3 Å². The molecule has 0 saturated carbocycles. The number of nitrogens with zero attached hydrogens (tertiary/aromatic N) is 1. The van der Waals surface area contributed by atoms with Gasteiger partial charge in [0.05, 0.1) is 20.3 Å². The maximum Gasteiger partial charge on any atom is 0.219 e. The minimum atomic E-state index is -0.563. The number of morpholine rings is 1. The summed E-state index contributed by atoms with van der Waals surface area (Å²) in [5.41, 5.74) is 3.13. The third-order valence-corrected chi connectivity index (χ3v) is 5.80. The van der Waals surface area contributed by atoms with E-state index in [0.717, 1.165) is 24.2 Å². The molecule has 28 heavy (non-hydrogen) atoms. The van der Waals surface area contributed by atoms with E-state index < -0.39 is 5.60 Å². The van der Waals surface area contributed by atoms with E-state index in [1.165, 1.54) is 11.1 Å². The van der Waals surface area contributed by atoms with Gasteiger partial charge in [0.1, 0.15) is 11.7 Å². The van der Waals surface area contributed by atoms with E-state index in [9.17, 15) is 4.79 Å². The largest absolute Gasteiger partial charge is 0.493 e. The molecule has 0 radical (unpaired) electrons. The van der Waals surface area contributed by atoms with Crippen molar-refractivity contribution in [2.75, 3.05) is 26.8 Å². The van der Waals surface area contributed by atoms with Crippen molar-refractivity contribution in [1.82, 2.24) is 4.90 Å². The predicted octanol–water partition coefficient (Wildman–Crippen LogP) is 3.34. The molecule has 2 aromatic carbocycles. The summed E-state index contributed by atoms with van der Waals surface area (Å²) in [6, 6.07) is 14.4. The molecule has 2 aliphatic rings. The zero-order chi connectivity index (χ0) is 19.7. The lowest BCUT2D eigenvalue weighted by Crippen LogP contribution is -2.49. The Morgan fingerprint density at radius 2 is 1.86 bits per heavy atom. The Hall–Kier alpha value is -2.53. The second-order valence-electron chi connectivity index (χ2n) is 7.80. The van der Waals surface area contributed by atoms with Crippen molar-refractivity contribution < 1.29 is 19.0 Å². The zero-order valence-corrected chi connectivity index (χ0v) is 16.7. The monoisotopic (exact) mass is 381 g/mol. The van der Waals surface area contributed by atoms with Crippen LogP contribution in [0.3, 0.4) is 0 Å². The Bertz CT molecular complexity index is 856. The van der Waals surface area contributed by atoms with E-state index in [1.807, 2.05) is 30.0 Å². The fraction of sp³-hybridized carbons (Fsp3) is 0.435. The first kappa shape index (κ1) is 18.8. The van der Waals surface area contributed by atoms with Gasteiger partial charge in [-0.3, -0.25) is 4.79 Å². The van der Waals surface area contributed by atoms with Gasteiger partial charge in [0, 0.05) is 26.3 Å². The van der Waals surface area contributed by atoms with Crippen LogP contribution >= 0.6 is 0 Å². The van der Waals surface area contributed by atoms with E-state index >= 15 is 0 Å². The summed E-state index contributed by atoms with van der Waals surface area (Å²) in [4.78, 5) is 13.7. The maximum absolute atomic E-state index is 11.8. The molecule has 1 saturated heterocycles. The summed E-state index contributed by atoms with van der Waals surface area (Å²) in [5.74, 6) is 1.51. The third kappa shape index (κ3) is 3.59. The number of rotatable bonds is 4. The molecule has 0 aromatic heterocycles. The smallest absolute Gasteiger partial charge is 0.219 e. The number of benzene rings is 2. The van der Waals surface area contributed by atoms with Gasteiger partial charge in [0.2, 0.25) is 5.91 Å². The Labute approximate surface area is 166 Å². The average Bonchev–Trinajstić information content (AvgIpc) is 3.10. The highest BCUT2D eigenvalue weighted by molar-refractivity contribution is 5.73. The second kappa shape index (κ2) is 7.47. The number of amides is 1. The van der Waals surface area contributed by atoms with Gasteiger partial charge in [0.25, 0.3) is 0 Å². The second-order valence-corrected chi connectivity index (χ2v) is 7.80. The Morgan fingerprint density at radius 1 is 1.14 bits per heavy atom. The fourth-order valence-electron chi connectivity index (χ4n) is 4.19. The highest BCUT2D eigenvalue weighted by atomic mass is 16.5. The number of methoxy groups -OCH3 is 1. The molecule has 1 unspecified atom stereocenters. The zero-order valence-electron chi connectivity index (χ0n) is 16.7. The molecule has 5 nitrogen and oxygen atoms in total. The first-order valence-corrected chi connectivity index (χ1v) is 9.80. The van der Waals surface area contributed by atoms with Crippen molar-refractivity contribution in [2.24, 2.45) is 0 Å². The maximum atomic E-state index is 11.8. The van der Waals surface area contributed by atoms with E-state index in [-0.39, 0.29) is 12.0 Å². The lowest BCUT2D eigenvalue weighted by atomic mass is 9.93. The minimum absolute atomic E-state index is 0.0724. The van der Waals surface area contributed by atoms with E-state index in [4.69, 9.17) is 14.2 Å². The van der Waals surface area contributed by atoms with Gasteiger partial charge in [0.15, 0.2) is 11.5 Å². The van der Waals surface area contributed by atoms with Crippen LogP contribution in [0, 0.1) is 0 Å². The summed E-state index contributed by atoms with van der Waals surface area (Å²) in [5, 5.41) is 0. The molecule has 1 aliphatic heterocycles. The number of hydrogen-bond acceptors (Lipinski definition) is 4. The van der Waals surface area contributed by atoms with Crippen LogP contribution in [0.15, 0.2) is 42.5 Å². The number of fused-ring (bicyclic) bond motifs is 1. The first-order chi connectivity index (χ1) is 13.5. The lowest BCUT2D eigenvalue weighted by molar-refractivity contribution is -0.147. The molecule has 4 rings (SSSR count). The molecular weight excluding hydrogens is 354 g/mol. The molecule has 148 valence electrons. The molecule has 1 atom stereocenters. The van der Waals surface area contributed by atoms with Crippen LogP contribution in [0.25, 0.3) is 0 Å². The van der Waals surface area contributed by atoms with Crippen LogP contribution in [-0.2, 0) is 28.0 Å². The number of ether oxygens (including phenoxy) is 3. The summed E-state index contributed by atoms with van der Waals surface area (Å²) in [7, 11) is 1.65. The van der Waals surface area contributed by atoms with Gasteiger partial charge < -0.3 is 19.1 Å². The van der Waals surface area contributed by atoms with Crippen LogP contribution in [-0.4, -0.2) is 43.7 Å². The van der Waals surface area contributed by atoms with Gasteiger partial charge in [-0.15, -0.1) is 0 Å². The Morgan fingerprint density at radius 3 is 2.50 bits per heavy atom. The molecule has 2 aromatic rings. The predicted molar refractivity (Wildman–Crippen MR) is 107 cm³/mol. The van der Waals surface area contributed by atoms with Crippen LogP contribution < -0.4 is 9.47 Å². The van der Waals surface area contributed by atoms with Gasteiger partial charge in [-0.05, 0) is 35.7 Å². The van der Waals surface area contributed by atoms with Crippen LogP contribution in [0.1, 0.15) is 30.5 Å². The number of carbonyl (C=O) groups excluding carboxylic acids is 1. The average molecular weight is 381 g/mol. The van der Waals surface area contributed by atoms with Gasteiger partial charge >= 0.3 is 0 Å². The normalized spacial score (nSPS) is 22.0. The van der Waals surface area contributed by atoms with E-state index in [1.54, 1.807) is 14.0 Å². The molecule has 1 amide bonds. The van der Waals surface area contributed by atoms with Gasteiger partial charge in [-0.1, -0.05) is 30.3 Å². The summed E-state index contributed by atoms with van der Waals surface area (Å²) < 4.78 is 18.0. The Balaban J connectivity index is 1.57. The molecule has 1 heterocycles. The first-order valence-electron chi connectivity index (χ1n) is 9.80. The molecule has 0 bridgehead atoms. The third-order valence-electron chi connectivity index (χ3n) is 5.80. The number of carbonyl (C=O) groups is 1. The van der Waals surface area contributed by atoms with Crippen molar-refractivity contribution in [1.29, 1.82) is 0 Å². The van der Waals surface area contributed by atoms with E-state index in [0.29, 0.717) is 25.4 Å². The van der Waals surface area contributed by atoms with Crippen molar-refractivity contribution >= 4 is 5.91 Å². The van der Waals surface area contributed by atoms with Crippen LogP contribution in [0.2, 0.25) is 0 Å². The molecule has 1 aliphatic carbocycles. The van der Waals surface area contributed by atoms with Crippen molar-refractivity contribution in [3.63, 3.8) is 0 Å². The topological polar surface area (TPSA) is 48.0 Å². The highest BCUT2D eigenvalue weighted by Crippen LogP contribution is 2.37. The lowest BCUT2D eigenvalue weighted by Gasteiger charge is -2.40. The minimum Gasteiger partial charge on any atom is -0.493 e. The molecule has 1 fully saturated rings. The fourth-order valence-corrected chi connectivity index (χ4v) is 4.19. The Kier molecular flexibility index (Phi) is 5.02. The molecule has 0 N–H and O–H groups in total. The quantitative estimate of drug-likeness (QED) is 0.815. The van der Waals surface area contributed by atoms with Gasteiger partial charge in [-0.25, -0.2) is 0 Å². The highest BCUT2D eigenvalue weighted by Gasteiger charge is 2.36. The molecular formula is C23H27NO4. The molecule has 5 heteroatoms. The standard InChI is InChI=1S/C23H27NO4/c1-16(25)24-10-11-27-23(2,15-24)19-8-9-21(26-3)22(14-19)28-20-12-17-6-4-5-7-18(17)13-20/h4-9,14,20H,10-13,15H2,1-3H3. The SMILES string of the molecule is COc1ccc(C2(C)CN(C(C)=O)CCO2)cc1OC1Cc2ccccc2C1.